The third-order valence-corrected chi connectivity index (χ3v) is 4.96. The molecule has 110 valence electrons. The summed E-state index contributed by atoms with van der Waals surface area (Å²) >= 11 is 0. The fraction of sp³-hybridized carbons (Fsp3) is 0.938. The summed E-state index contributed by atoms with van der Waals surface area (Å²) < 4.78 is 0. The first-order valence-corrected chi connectivity index (χ1v) is 8.18. The predicted octanol–water partition coefficient (Wildman–Crippen LogP) is 3.04. The maximum Gasteiger partial charge on any atom is 0.236 e. The van der Waals surface area contributed by atoms with Crippen molar-refractivity contribution in [3.63, 3.8) is 0 Å². The number of hydrogen-bond donors (Lipinski definition) is 0. The molecule has 3 heteroatoms. The summed E-state index contributed by atoms with van der Waals surface area (Å²) in [5.74, 6) is 0.346. The fourth-order valence-corrected chi connectivity index (χ4v) is 3.60. The summed E-state index contributed by atoms with van der Waals surface area (Å²) in [5, 5.41) is 0. The molecule has 2 rings (SSSR count). The van der Waals surface area contributed by atoms with Crippen molar-refractivity contribution in [1.29, 1.82) is 0 Å². The molecule has 3 nitrogen and oxygen atoms in total. The Kier molecular flexibility index (Phi) is 5.68. The van der Waals surface area contributed by atoms with E-state index < -0.39 is 0 Å². The molecular weight excluding hydrogens is 236 g/mol. The lowest BCUT2D eigenvalue weighted by molar-refractivity contribution is -0.135. The first-order valence-electron chi connectivity index (χ1n) is 8.18. The Labute approximate surface area is 118 Å². The van der Waals surface area contributed by atoms with Gasteiger partial charge in [-0.1, -0.05) is 25.7 Å². The number of hydrogen-bond acceptors (Lipinski definition) is 2. The standard InChI is InChI=1S/C16H30N2O/c1-14-9-7-8-12-18(14)16(19)13-17(2)15-10-5-3-4-6-11-15/h14-15H,3-13H2,1-2H3. The van der Waals surface area contributed by atoms with Crippen LogP contribution < -0.4 is 0 Å². The van der Waals surface area contributed by atoms with E-state index in [9.17, 15) is 4.79 Å². The number of carbonyl (C=O) groups is 1. The SMILES string of the molecule is CC1CCCCN1C(=O)CN(C)C1CCCCCC1. The van der Waals surface area contributed by atoms with Gasteiger partial charge >= 0.3 is 0 Å². The molecule has 0 aromatic carbocycles. The minimum Gasteiger partial charge on any atom is -0.339 e. The monoisotopic (exact) mass is 266 g/mol. The molecule has 0 N–H and O–H groups in total. The van der Waals surface area contributed by atoms with Crippen molar-refractivity contribution in [3.05, 3.63) is 0 Å². The van der Waals surface area contributed by atoms with E-state index in [-0.39, 0.29) is 0 Å². The van der Waals surface area contributed by atoms with Crippen LogP contribution in [0.4, 0.5) is 0 Å². The van der Waals surface area contributed by atoms with Crippen LogP contribution in [0.5, 0.6) is 0 Å². The minimum atomic E-state index is 0.346. The molecule has 0 spiro atoms. The van der Waals surface area contributed by atoms with Gasteiger partial charge in [0.05, 0.1) is 6.54 Å². The van der Waals surface area contributed by atoms with Gasteiger partial charge in [0.2, 0.25) is 5.91 Å². The van der Waals surface area contributed by atoms with E-state index in [1.54, 1.807) is 0 Å². The van der Waals surface area contributed by atoms with E-state index in [2.05, 4.69) is 23.8 Å². The van der Waals surface area contributed by atoms with Crippen LogP contribution in [-0.4, -0.2) is 47.9 Å². The van der Waals surface area contributed by atoms with E-state index in [0.29, 0.717) is 24.5 Å². The van der Waals surface area contributed by atoms with Crippen molar-refractivity contribution in [1.82, 2.24) is 9.80 Å². The second-order valence-corrected chi connectivity index (χ2v) is 6.49. The number of amides is 1. The second-order valence-electron chi connectivity index (χ2n) is 6.49. The molecule has 1 saturated heterocycles. The minimum absolute atomic E-state index is 0.346. The highest BCUT2D eigenvalue weighted by Crippen LogP contribution is 2.22. The van der Waals surface area contributed by atoms with Crippen LogP contribution in [0.1, 0.15) is 64.7 Å². The second kappa shape index (κ2) is 7.28. The lowest BCUT2D eigenvalue weighted by Gasteiger charge is -2.36. The number of nitrogens with zero attached hydrogens (tertiary/aromatic N) is 2. The zero-order valence-corrected chi connectivity index (χ0v) is 12.7. The molecule has 1 heterocycles. The van der Waals surface area contributed by atoms with Crippen LogP contribution in [0.3, 0.4) is 0 Å². The van der Waals surface area contributed by atoms with Crippen LogP contribution >= 0.6 is 0 Å². The molecule has 1 aliphatic carbocycles. The van der Waals surface area contributed by atoms with Gasteiger partial charge in [-0.05, 0) is 46.1 Å². The Bertz CT molecular complexity index is 284. The van der Waals surface area contributed by atoms with Gasteiger partial charge in [-0.15, -0.1) is 0 Å². The molecule has 1 unspecified atom stereocenters. The number of likely N-dealkylation sites (tertiary alicyclic amines) is 1. The van der Waals surface area contributed by atoms with Gasteiger partial charge in [-0.3, -0.25) is 9.69 Å². The molecule has 0 bridgehead atoms. The summed E-state index contributed by atoms with van der Waals surface area (Å²) in [7, 11) is 2.14. The molecular formula is C16H30N2O. The first-order chi connectivity index (χ1) is 9.18. The summed E-state index contributed by atoms with van der Waals surface area (Å²) in [6.45, 7) is 3.79. The van der Waals surface area contributed by atoms with Crippen LogP contribution in [0, 0.1) is 0 Å². The van der Waals surface area contributed by atoms with Crippen molar-refractivity contribution in [2.75, 3.05) is 20.1 Å². The summed E-state index contributed by atoms with van der Waals surface area (Å²) in [5.41, 5.74) is 0. The van der Waals surface area contributed by atoms with Gasteiger partial charge in [-0.25, -0.2) is 0 Å². The largest absolute Gasteiger partial charge is 0.339 e. The topological polar surface area (TPSA) is 23.6 Å². The molecule has 1 amide bonds. The molecule has 1 aliphatic heterocycles. The van der Waals surface area contributed by atoms with E-state index in [0.717, 1.165) is 6.54 Å². The lowest BCUT2D eigenvalue weighted by atomic mass is 10.0. The highest BCUT2D eigenvalue weighted by Gasteiger charge is 2.26. The molecule has 19 heavy (non-hydrogen) atoms. The smallest absolute Gasteiger partial charge is 0.236 e. The van der Waals surface area contributed by atoms with Crippen LogP contribution in [0.25, 0.3) is 0 Å². The number of likely N-dealkylation sites (N-methyl/N-ethyl adjacent to an activating group) is 1. The maximum atomic E-state index is 12.4. The molecule has 0 aromatic heterocycles. The maximum absolute atomic E-state index is 12.4. The van der Waals surface area contributed by atoms with Gasteiger partial charge in [-0.2, -0.15) is 0 Å². The van der Waals surface area contributed by atoms with Crippen molar-refractivity contribution >= 4 is 5.91 Å². The van der Waals surface area contributed by atoms with Crippen molar-refractivity contribution in [2.45, 2.75) is 76.8 Å². The average molecular weight is 266 g/mol. The van der Waals surface area contributed by atoms with Crippen molar-refractivity contribution < 1.29 is 4.79 Å². The normalized spacial score (nSPS) is 26.5. The number of carbonyl (C=O) groups excluding carboxylic acids is 1. The number of rotatable bonds is 3. The Balaban J connectivity index is 1.83. The van der Waals surface area contributed by atoms with E-state index in [1.807, 2.05) is 0 Å². The third kappa shape index (κ3) is 4.20. The first kappa shape index (κ1) is 14.8. The van der Waals surface area contributed by atoms with E-state index in [1.165, 1.54) is 57.8 Å². The summed E-state index contributed by atoms with van der Waals surface area (Å²) in [6.07, 6.45) is 11.6. The van der Waals surface area contributed by atoms with Gasteiger partial charge in [0.25, 0.3) is 0 Å². The Morgan fingerprint density at radius 1 is 1.05 bits per heavy atom. The molecule has 0 radical (unpaired) electrons. The Hall–Kier alpha value is -0.570. The third-order valence-electron chi connectivity index (χ3n) is 4.96. The summed E-state index contributed by atoms with van der Waals surface area (Å²) in [4.78, 5) is 16.9. The van der Waals surface area contributed by atoms with Gasteiger partial charge in [0, 0.05) is 18.6 Å². The van der Waals surface area contributed by atoms with Crippen LogP contribution in [0.15, 0.2) is 0 Å². The van der Waals surface area contributed by atoms with Gasteiger partial charge < -0.3 is 4.90 Å². The predicted molar refractivity (Wildman–Crippen MR) is 79.1 cm³/mol. The van der Waals surface area contributed by atoms with Crippen molar-refractivity contribution in [3.8, 4) is 0 Å². The molecule has 2 fully saturated rings. The van der Waals surface area contributed by atoms with Crippen LogP contribution in [0.2, 0.25) is 0 Å². The Morgan fingerprint density at radius 2 is 1.68 bits per heavy atom. The summed E-state index contributed by atoms with van der Waals surface area (Å²) in [6, 6.07) is 1.08. The van der Waals surface area contributed by atoms with E-state index >= 15 is 0 Å². The number of piperidine rings is 1. The van der Waals surface area contributed by atoms with E-state index in [4.69, 9.17) is 0 Å². The quantitative estimate of drug-likeness (QED) is 0.733. The molecule has 1 saturated carbocycles. The molecule has 1 atom stereocenters. The zero-order valence-electron chi connectivity index (χ0n) is 12.7. The molecule has 0 aromatic rings. The highest BCUT2D eigenvalue weighted by atomic mass is 16.2. The molecule has 2 aliphatic rings. The van der Waals surface area contributed by atoms with Crippen LogP contribution in [-0.2, 0) is 4.79 Å². The fourth-order valence-electron chi connectivity index (χ4n) is 3.60. The lowest BCUT2D eigenvalue weighted by Crippen LogP contribution is -2.48. The zero-order chi connectivity index (χ0) is 13.7. The average Bonchev–Trinajstić information content (AvgIpc) is 2.68. The van der Waals surface area contributed by atoms with Crippen molar-refractivity contribution in [2.24, 2.45) is 0 Å². The Morgan fingerprint density at radius 3 is 2.32 bits per heavy atom. The highest BCUT2D eigenvalue weighted by molar-refractivity contribution is 5.78. The van der Waals surface area contributed by atoms with Gasteiger partial charge in [0.15, 0.2) is 0 Å². The van der Waals surface area contributed by atoms with Gasteiger partial charge in [0.1, 0.15) is 0 Å².